The fraction of sp³-hybridized carbons (Fsp3) is 0.940. The molecule has 0 aromatic rings. The Morgan fingerprint density at radius 1 is 0.375 bits per heavy atom. The molecule has 0 bridgehead atoms. The zero-order chi connectivity index (χ0) is 41.2. The van der Waals surface area contributed by atoms with Gasteiger partial charge in [0.1, 0.15) is 13.2 Å². The van der Waals surface area contributed by atoms with Gasteiger partial charge in [-0.05, 0) is 31.1 Å². The Hall–Kier alpha value is -1.59. The van der Waals surface area contributed by atoms with Crippen molar-refractivity contribution in [1.82, 2.24) is 0 Å². The Balaban J connectivity index is 4.31. The lowest BCUT2D eigenvalue weighted by molar-refractivity contribution is -0.167. The van der Waals surface area contributed by atoms with E-state index in [1.807, 2.05) is 0 Å². The average Bonchev–Trinajstić information content (AvgIpc) is 3.18. The zero-order valence-corrected chi connectivity index (χ0v) is 38.3. The third-order valence-electron chi connectivity index (χ3n) is 11.6. The fourth-order valence-corrected chi connectivity index (χ4v) is 7.43. The molecule has 0 aromatic carbocycles. The molecule has 0 radical (unpaired) electrons. The molecule has 0 N–H and O–H groups in total. The van der Waals surface area contributed by atoms with Crippen molar-refractivity contribution in [1.29, 1.82) is 0 Å². The Kier molecular flexibility index (Phi) is 41.8. The van der Waals surface area contributed by atoms with Crippen LogP contribution in [0.4, 0.5) is 0 Å². The van der Waals surface area contributed by atoms with Gasteiger partial charge in [-0.3, -0.25) is 14.4 Å². The summed E-state index contributed by atoms with van der Waals surface area (Å²) in [6.07, 6.45) is 42.3. The number of esters is 3. The van der Waals surface area contributed by atoms with Crippen LogP contribution in [0.5, 0.6) is 0 Å². The number of hydrogen-bond acceptors (Lipinski definition) is 6. The summed E-state index contributed by atoms with van der Waals surface area (Å²) in [6.45, 7) is 11.3. The topological polar surface area (TPSA) is 78.9 Å². The molecule has 0 saturated carbocycles. The minimum atomic E-state index is -0.761. The van der Waals surface area contributed by atoms with Gasteiger partial charge in [0.2, 0.25) is 0 Å². The summed E-state index contributed by atoms with van der Waals surface area (Å²) in [7, 11) is 0. The van der Waals surface area contributed by atoms with Gasteiger partial charge in [-0.15, -0.1) is 0 Å². The van der Waals surface area contributed by atoms with Gasteiger partial charge in [-0.25, -0.2) is 0 Å². The van der Waals surface area contributed by atoms with E-state index in [0.29, 0.717) is 19.3 Å². The smallest absolute Gasteiger partial charge is 0.306 e. The highest BCUT2D eigenvalue weighted by Crippen LogP contribution is 2.17. The van der Waals surface area contributed by atoms with Crippen molar-refractivity contribution in [3.05, 3.63) is 0 Å². The number of hydrogen-bond donors (Lipinski definition) is 0. The minimum Gasteiger partial charge on any atom is -0.462 e. The Labute approximate surface area is 348 Å². The first-order valence-electron chi connectivity index (χ1n) is 24.8. The van der Waals surface area contributed by atoms with Crippen LogP contribution in [0, 0.1) is 11.8 Å². The molecule has 6 nitrogen and oxygen atoms in total. The maximum Gasteiger partial charge on any atom is 0.306 e. The molecule has 0 saturated heterocycles. The van der Waals surface area contributed by atoms with E-state index >= 15 is 0 Å². The monoisotopic (exact) mass is 793 g/mol. The van der Waals surface area contributed by atoms with Crippen LogP contribution in [0.2, 0.25) is 0 Å². The molecule has 6 heteroatoms. The minimum absolute atomic E-state index is 0.0646. The average molecular weight is 793 g/mol. The summed E-state index contributed by atoms with van der Waals surface area (Å²) < 4.78 is 16.8. The summed E-state index contributed by atoms with van der Waals surface area (Å²) in [6, 6.07) is 0. The molecule has 0 spiro atoms. The Morgan fingerprint density at radius 2 is 0.679 bits per heavy atom. The number of ether oxygens (including phenoxy) is 3. The van der Waals surface area contributed by atoms with Gasteiger partial charge in [0.15, 0.2) is 6.10 Å². The Morgan fingerprint density at radius 3 is 1.02 bits per heavy atom. The van der Waals surface area contributed by atoms with Crippen molar-refractivity contribution in [2.45, 2.75) is 278 Å². The number of rotatable bonds is 44. The molecule has 0 rings (SSSR count). The lowest BCUT2D eigenvalue weighted by Crippen LogP contribution is -2.30. The van der Waals surface area contributed by atoms with E-state index in [2.05, 4.69) is 34.6 Å². The quantitative estimate of drug-likeness (QED) is 0.0347. The second-order valence-corrected chi connectivity index (χ2v) is 17.8. The normalized spacial score (nSPS) is 12.5. The molecular weight excluding hydrogens is 697 g/mol. The zero-order valence-electron chi connectivity index (χ0n) is 38.3. The van der Waals surface area contributed by atoms with Crippen molar-refractivity contribution in [3.8, 4) is 0 Å². The second-order valence-electron chi connectivity index (χ2n) is 17.8. The SMILES string of the molecule is CCCCCCCCCCCCCCC(=O)OC[C@H](COC(=O)CCCCCCCCC(C)CC)OC(=O)CCCCCCCCCCCCCCCC(C)C. The third-order valence-corrected chi connectivity index (χ3v) is 11.6. The van der Waals surface area contributed by atoms with E-state index < -0.39 is 6.10 Å². The highest BCUT2D eigenvalue weighted by molar-refractivity contribution is 5.71. The summed E-state index contributed by atoms with van der Waals surface area (Å²) in [5.74, 6) is 0.798. The van der Waals surface area contributed by atoms with Gasteiger partial charge in [0.05, 0.1) is 0 Å². The van der Waals surface area contributed by atoms with Crippen LogP contribution >= 0.6 is 0 Å². The molecule has 56 heavy (non-hydrogen) atoms. The number of carbonyl (C=O) groups excluding carboxylic acids is 3. The molecular formula is C50H96O6. The van der Waals surface area contributed by atoms with Gasteiger partial charge in [-0.2, -0.15) is 0 Å². The van der Waals surface area contributed by atoms with Crippen molar-refractivity contribution in [2.75, 3.05) is 13.2 Å². The van der Waals surface area contributed by atoms with Crippen molar-refractivity contribution in [2.24, 2.45) is 11.8 Å². The molecule has 0 fully saturated rings. The lowest BCUT2D eigenvalue weighted by atomic mass is 10.00. The van der Waals surface area contributed by atoms with Crippen LogP contribution < -0.4 is 0 Å². The van der Waals surface area contributed by atoms with Crippen molar-refractivity contribution < 1.29 is 28.6 Å². The summed E-state index contributed by atoms with van der Waals surface area (Å²) in [5.41, 5.74) is 0. The van der Waals surface area contributed by atoms with Crippen molar-refractivity contribution >= 4 is 17.9 Å². The van der Waals surface area contributed by atoms with Crippen LogP contribution in [0.25, 0.3) is 0 Å². The Bertz CT molecular complexity index is 856. The molecule has 0 aliphatic rings. The molecule has 332 valence electrons. The number of carbonyl (C=O) groups is 3. The second kappa shape index (κ2) is 43.0. The summed E-state index contributed by atoms with van der Waals surface area (Å²) in [4.78, 5) is 37.8. The highest BCUT2D eigenvalue weighted by Gasteiger charge is 2.19. The first-order valence-corrected chi connectivity index (χ1v) is 24.8. The van der Waals surface area contributed by atoms with Gasteiger partial charge < -0.3 is 14.2 Å². The molecule has 2 atom stereocenters. The van der Waals surface area contributed by atoms with E-state index in [1.165, 1.54) is 161 Å². The van der Waals surface area contributed by atoms with E-state index in [4.69, 9.17) is 14.2 Å². The largest absolute Gasteiger partial charge is 0.462 e. The van der Waals surface area contributed by atoms with Crippen LogP contribution in [-0.4, -0.2) is 37.2 Å². The first-order chi connectivity index (χ1) is 27.3. The molecule has 0 heterocycles. The standard InChI is InChI=1S/C50H96O6/c1-6-8-9-10-11-12-13-18-21-24-30-35-40-48(51)54-43-47(44-55-49(52)41-36-31-27-26-29-34-39-46(5)7-2)56-50(53)42-37-32-25-22-19-16-14-15-17-20-23-28-33-38-45(3)4/h45-47H,6-44H2,1-5H3/t46?,47-/m1/s1. The van der Waals surface area contributed by atoms with Gasteiger partial charge >= 0.3 is 17.9 Å². The van der Waals surface area contributed by atoms with E-state index in [1.54, 1.807) is 0 Å². The lowest BCUT2D eigenvalue weighted by Gasteiger charge is -2.18. The van der Waals surface area contributed by atoms with Gasteiger partial charge in [0.25, 0.3) is 0 Å². The molecule has 0 aliphatic heterocycles. The predicted molar refractivity (Wildman–Crippen MR) is 238 cm³/mol. The van der Waals surface area contributed by atoms with E-state index in [9.17, 15) is 14.4 Å². The van der Waals surface area contributed by atoms with Crippen LogP contribution in [0.1, 0.15) is 272 Å². The van der Waals surface area contributed by atoms with Crippen LogP contribution in [0.3, 0.4) is 0 Å². The van der Waals surface area contributed by atoms with Gasteiger partial charge in [-0.1, -0.05) is 234 Å². The molecule has 0 aliphatic carbocycles. The van der Waals surface area contributed by atoms with Crippen molar-refractivity contribution in [3.63, 3.8) is 0 Å². The number of unbranched alkanes of at least 4 members (excludes halogenated alkanes) is 28. The maximum atomic E-state index is 12.8. The van der Waals surface area contributed by atoms with E-state index in [0.717, 1.165) is 69.6 Å². The van der Waals surface area contributed by atoms with Crippen LogP contribution in [0.15, 0.2) is 0 Å². The highest BCUT2D eigenvalue weighted by atomic mass is 16.6. The van der Waals surface area contributed by atoms with E-state index in [-0.39, 0.29) is 31.1 Å². The third kappa shape index (κ3) is 42.0. The van der Waals surface area contributed by atoms with Crippen LogP contribution in [-0.2, 0) is 28.6 Å². The molecule has 0 amide bonds. The molecule has 0 aromatic heterocycles. The predicted octanol–water partition coefficient (Wildman–Crippen LogP) is 15.8. The van der Waals surface area contributed by atoms with Gasteiger partial charge in [0, 0.05) is 19.3 Å². The fourth-order valence-electron chi connectivity index (χ4n) is 7.43. The maximum absolute atomic E-state index is 12.8. The summed E-state index contributed by atoms with van der Waals surface area (Å²) >= 11 is 0. The summed E-state index contributed by atoms with van der Waals surface area (Å²) in [5, 5.41) is 0. The molecule has 1 unspecified atom stereocenters. The first kappa shape index (κ1) is 54.4.